The van der Waals surface area contributed by atoms with Gasteiger partial charge in [-0.05, 0) is 252 Å². The van der Waals surface area contributed by atoms with Crippen LogP contribution < -0.4 is 16.4 Å². The van der Waals surface area contributed by atoms with E-state index in [0.717, 1.165) is 19.6 Å². The molecule has 3 rings (SSSR count). The molecule has 0 radical (unpaired) electrons. The molecule has 0 saturated carbocycles. The van der Waals surface area contributed by atoms with E-state index in [1.54, 1.807) is 0 Å². The van der Waals surface area contributed by atoms with E-state index in [4.69, 9.17) is 5.73 Å². The van der Waals surface area contributed by atoms with Crippen LogP contribution in [0, 0.1) is 0 Å². The Morgan fingerprint density at radius 2 is 0.690 bits per heavy atom. The summed E-state index contributed by atoms with van der Waals surface area (Å²) >= 11 is 0. The van der Waals surface area contributed by atoms with E-state index in [9.17, 15) is 0 Å². The minimum absolute atomic E-state index is 0. The summed E-state index contributed by atoms with van der Waals surface area (Å²) in [5, 5.41) is 6.39. The number of nitrogens with one attached hydrogen (secondary N) is 2. The molecule has 0 bridgehead atoms. The molecule has 0 spiro atoms. The normalized spacial score (nSPS) is 16.7. The van der Waals surface area contributed by atoms with Gasteiger partial charge in [0.25, 0.3) is 0 Å². The van der Waals surface area contributed by atoms with E-state index in [1.165, 1.54) is 58.5 Å². The molecule has 0 unspecified atom stereocenters. The number of likely N-dealkylation sites (tertiary alicyclic amines) is 2. The number of nitrogens with two attached hydrogens (primary N) is 1. The number of nitrogens with zero attached hydrogens (tertiary/aromatic N) is 5. The molecule has 0 aliphatic carbocycles. The van der Waals surface area contributed by atoms with Crippen molar-refractivity contribution >= 4 is 0 Å². The van der Waals surface area contributed by atoms with Crippen molar-refractivity contribution in [2.24, 2.45) is 5.73 Å². The van der Waals surface area contributed by atoms with E-state index in [-0.39, 0.29) is 5.54 Å². The first-order valence-electron chi connectivity index (χ1n) is 23.3. The third-order valence-electron chi connectivity index (χ3n) is 9.77. The summed E-state index contributed by atoms with van der Waals surface area (Å²) in [4.78, 5) is 12.1. The molecule has 4 N–H and O–H groups in total. The third-order valence-corrected chi connectivity index (χ3v) is 9.77. The average molecular weight is 832 g/mol. The number of hydrogen-bond donors (Lipinski definition) is 3. The summed E-state index contributed by atoms with van der Waals surface area (Å²) in [5.74, 6) is 0. The lowest BCUT2D eigenvalue weighted by atomic mass is 10.0. The first-order valence-corrected chi connectivity index (χ1v) is 23.3. The van der Waals surface area contributed by atoms with Gasteiger partial charge < -0.3 is 21.3 Å². The van der Waals surface area contributed by atoms with Crippen molar-refractivity contribution in [2.75, 3.05) is 80.0 Å². The van der Waals surface area contributed by atoms with Gasteiger partial charge in [0.1, 0.15) is 0 Å². The van der Waals surface area contributed by atoms with Crippen LogP contribution in [0.4, 0.5) is 0 Å². The fourth-order valence-electron chi connectivity index (χ4n) is 4.80. The van der Waals surface area contributed by atoms with Crippen LogP contribution in [0.25, 0.3) is 0 Å². The van der Waals surface area contributed by atoms with Gasteiger partial charge in [0.05, 0.1) is 0 Å². The Kier molecular flexibility index (Phi) is 34.4. The zero-order chi connectivity index (χ0) is 47.8. The highest BCUT2D eigenvalue weighted by atomic mass is 15.3. The first kappa shape index (κ1) is 66.8. The molecule has 3 fully saturated rings. The molecule has 3 heterocycles. The molecule has 8 heteroatoms. The zero-order valence-corrected chi connectivity index (χ0v) is 46.3. The van der Waals surface area contributed by atoms with Crippen molar-refractivity contribution in [3.63, 3.8) is 0 Å². The van der Waals surface area contributed by atoms with Crippen LogP contribution in [0.5, 0.6) is 0 Å². The summed E-state index contributed by atoms with van der Waals surface area (Å²) in [6, 6.07) is 0. The molecule has 0 aromatic rings. The van der Waals surface area contributed by atoms with Crippen molar-refractivity contribution in [3.8, 4) is 0 Å². The molecular formula is C50H118N8. The fraction of sp³-hybridized carbons (Fsp3) is 1.00. The Balaban J connectivity index is -0.000000186. The second-order valence-electron chi connectivity index (χ2n) is 24.6. The topological polar surface area (TPSA) is 66.1 Å². The molecule has 358 valence electrons. The second-order valence-corrected chi connectivity index (χ2v) is 24.6. The average Bonchev–Trinajstić information content (AvgIpc) is 3.65. The molecule has 3 saturated heterocycles. The van der Waals surface area contributed by atoms with Crippen molar-refractivity contribution < 1.29 is 0 Å². The van der Waals surface area contributed by atoms with Crippen molar-refractivity contribution in [3.05, 3.63) is 0 Å². The van der Waals surface area contributed by atoms with E-state index in [0.29, 0.717) is 38.8 Å². The Labute approximate surface area is 370 Å². The highest BCUT2D eigenvalue weighted by molar-refractivity contribution is 4.86. The summed E-state index contributed by atoms with van der Waals surface area (Å²) in [5.41, 5.74) is 7.92. The van der Waals surface area contributed by atoms with Crippen LogP contribution in [0.3, 0.4) is 0 Å². The van der Waals surface area contributed by atoms with Crippen molar-refractivity contribution in [2.45, 2.75) is 251 Å². The van der Waals surface area contributed by atoms with Crippen LogP contribution in [0.1, 0.15) is 206 Å². The fourth-order valence-corrected chi connectivity index (χ4v) is 4.80. The summed E-state index contributed by atoms with van der Waals surface area (Å²) in [6.45, 7) is 70.3. The van der Waals surface area contributed by atoms with Crippen molar-refractivity contribution in [1.29, 1.82) is 0 Å². The van der Waals surface area contributed by atoms with Gasteiger partial charge in [-0.2, -0.15) is 0 Å². The van der Waals surface area contributed by atoms with Crippen LogP contribution >= 0.6 is 0 Å². The molecular weight excluding hydrogens is 713 g/mol. The maximum absolute atomic E-state index is 5.35. The van der Waals surface area contributed by atoms with Crippen LogP contribution in [-0.4, -0.2) is 149 Å². The first-order chi connectivity index (χ1) is 25.4. The summed E-state index contributed by atoms with van der Waals surface area (Å²) in [7, 11) is 6.12. The molecule has 0 amide bonds. The summed E-state index contributed by atoms with van der Waals surface area (Å²) < 4.78 is 0. The molecule has 58 heavy (non-hydrogen) atoms. The lowest BCUT2D eigenvalue weighted by molar-refractivity contribution is 0.0690. The van der Waals surface area contributed by atoms with Gasteiger partial charge in [-0.1, -0.05) is 20.8 Å². The predicted octanol–water partition coefficient (Wildman–Crippen LogP) is 11.1. The van der Waals surface area contributed by atoms with Gasteiger partial charge in [-0.25, -0.2) is 0 Å². The van der Waals surface area contributed by atoms with Gasteiger partial charge in [0.15, 0.2) is 0 Å². The lowest BCUT2D eigenvalue weighted by Crippen LogP contribution is -2.49. The lowest BCUT2D eigenvalue weighted by Gasteiger charge is -2.42. The Morgan fingerprint density at radius 3 is 0.724 bits per heavy atom. The van der Waals surface area contributed by atoms with Gasteiger partial charge in [-0.3, -0.25) is 19.6 Å². The van der Waals surface area contributed by atoms with E-state index in [1.807, 2.05) is 27.8 Å². The van der Waals surface area contributed by atoms with Crippen molar-refractivity contribution in [1.82, 2.24) is 35.1 Å². The second kappa shape index (κ2) is 29.9. The van der Waals surface area contributed by atoms with Crippen LogP contribution in [-0.2, 0) is 0 Å². The monoisotopic (exact) mass is 831 g/mol. The van der Waals surface area contributed by atoms with E-state index in [2.05, 4.69) is 215 Å². The van der Waals surface area contributed by atoms with Gasteiger partial charge in [0, 0.05) is 57.4 Å². The molecule has 3 aliphatic rings. The minimum Gasteiger partial charge on any atom is -0.326 e. The Bertz CT molecular complexity index is 873. The molecule has 3 aliphatic heterocycles. The predicted molar refractivity (Wildman–Crippen MR) is 270 cm³/mol. The van der Waals surface area contributed by atoms with Gasteiger partial charge >= 0.3 is 0 Å². The largest absolute Gasteiger partial charge is 0.326 e. The molecule has 0 aromatic carbocycles. The minimum atomic E-state index is 0. The quantitative estimate of drug-likeness (QED) is 0.243. The maximum Gasteiger partial charge on any atom is 0.0126 e. The zero-order valence-electron chi connectivity index (χ0n) is 46.3. The van der Waals surface area contributed by atoms with Crippen LogP contribution in [0.2, 0.25) is 0 Å². The van der Waals surface area contributed by atoms with E-state index < -0.39 is 0 Å². The third kappa shape index (κ3) is 51.8. The van der Waals surface area contributed by atoms with Gasteiger partial charge in [-0.15, -0.1) is 0 Å². The van der Waals surface area contributed by atoms with E-state index >= 15 is 0 Å². The van der Waals surface area contributed by atoms with Crippen LogP contribution in [0.15, 0.2) is 0 Å². The van der Waals surface area contributed by atoms with Gasteiger partial charge in [0.2, 0.25) is 0 Å². The Hall–Kier alpha value is -0.320. The highest BCUT2D eigenvalue weighted by Crippen LogP contribution is 2.21. The standard InChI is InChI=1S/C8H17N.C8H19N.C7H15N.C6H13N.2C6H15N.C5H13N.C4H11N/c1-8(2,3)9-6-4-5-7-9;1-6-9(7-2)8(3,4)5;1-7(2,3)8-5-4-6-8;1-6(2,3)7-4-5-7;1-6(2,3)7(4)5;1-5-7-6(2,3)4;1-5(2,3)6-4;1-4(2,3)5/h4-7H2,1-3H3;6-7H2,1-5H3;4-6H2,1-3H3;4-5H2,1-3H3;1-5H3;7H,5H2,1-4H3;6H,1-4H3;5H2,1-3H3. The highest BCUT2D eigenvalue weighted by Gasteiger charge is 2.29. The molecule has 0 atom stereocenters. The number of rotatable bonds is 3. The molecule has 8 nitrogen and oxygen atoms in total. The molecule has 0 aromatic heterocycles. The Morgan fingerprint density at radius 1 is 0.448 bits per heavy atom. The maximum atomic E-state index is 5.35. The summed E-state index contributed by atoms with van der Waals surface area (Å²) in [6.07, 6.45) is 4.20. The SMILES string of the molecule is CC(C)(C)N.CC(C)(C)N1CC1.CC(C)(C)N1CCC1.CC(C)(C)N1CCCC1.CCN(CC)C(C)(C)C.CCNC(C)(C)C.CN(C)C(C)(C)C.CNC(C)(C)C. The number of hydrogen-bond acceptors (Lipinski definition) is 8. The smallest absolute Gasteiger partial charge is 0.0126 e.